The zero-order chi connectivity index (χ0) is 21.1. The highest BCUT2D eigenvalue weighted by Crippen LogP contribution is 2.29. The van der Waals surface area contributed by atoms with Crippen LogP contribution in [0.2, 0.25) is 5.02 Å². The Balaban J connectivity index is 1.81. The Morgan fingerprint density at radius 1 is 1.00 bits per heavy atom. The van der Waals surface area contributed by atoms with Crippen molar-refractivity contribution in [3.8, 4) is 17.2 Å². The summed E-state index contributed by atoms with van der Waals surface area (Å²) >= 11 is 6.24. The quantitative estimate of drug-likeness (QED) is 0.202. The van der Waals surface area contributed by atoms with Gasteiger partial charge in [-0.25, -0.2) is 0 Å². The first kappa shape index (κ1) is 22.6. The Morgan fingerprint density at radius 2 is 1.72 bits per heavy atom. The smallest absolute Gasteiger partial charge is 0.137 e. The van der Waals surface area contributed by atoms with Crippen molar-refractivity contribution in [1.82, 2.24) is 0 Å². The van der Waals surface area contributed by atoms with Gasteiger partial charge in [-0.05, 0) is 67.8 Å². The van der Waals surface area contributed by atoms with E-state index < -0.39 is 0 Å². The van der Waals surface area contributed by atoms with E-state index in [2.05, 4.69) is 9.99 Å². The summed E-state index contributed by atoms with van der Waals surface area (Å²) in [6.45, 7) is 7.65. The number of ether oxygens (including phenoxy) is 3. The van der Waals surface area contributed by atoms with Gasteiger partial charge in [-0.2, -0.15) is 0 Å². The average Bonchev–Trinajstić information content (AvgIpc) is 2.69. The van der Waals surface area contributed by atoms with Gasteiger partial charge >= 0.3 is 0 Å². The molecule has 0 amide bonds. The first-order valence-electron chi connectivity index (χ1n) is 9.52. The Labute approximate surface area is 177 Å². The van der Waals surface area contributed by atoms with Crippen LogP contribution >= 0.6 is 11.6 Å². The Morgan fingerprint density at radius 3 is 2.38 bits per heavy atom. The molecule has 2 aromatic carbocycles. The van der Waals surface area contributed by atoms with Gasteiger partial charge in [0.1, 0.15) is 31.0 Å². The van der Waals surface area contributed by atoms with Gasteiger partial charge in [0.05, 0.1) is 24.5 Å². The summed E-state index contributed by atoms with van der Waals surface area (Å²) in [5.74, 6) is 2.38. The lowest BCUT2D eigenvalue weighted by atomic mass is 10.1. The molecule has 0 radical (unpaired) electrons. The van der Waals surface area contributed by atoms with Crippen LogP contribution in [-0.4, -0.2) is 33.1 Å². The van der Waals surface area contributed by atoms with E-state index in [0.29, 0.717) is 30.6 Å². The average molecular weight is 418 g/mol. The summed E-state index contributed by atoms with van der Waals surface area (Å²) in [4.78, 5) is 4.66. The summed E-state index contributed by atoms with van der Waals surface area (Å²) in [7, 11) is 1.49. The van der Waals surface area contributed by atoms with Crippen LogP contribution in [0.5, 0.6) is 17.2 Å². The molecular weight excluding hydrogens is 390 g/mol. The van der Waals surface area contributed by atoms with Crippen molar-refractivity contribution < 1.29 is 19.0 Å². The minimum Gasteiger partial charge on any atom is -0.493 e. The molecular formula is C23H28ClNO4. The van der Waals surface area contributed by atoms with E-state index in [9.17, 15) is 0 Å². The van der Waals surface area contributed by atoms with Gasteiger partial charge in [0.2, 0.25) is 0 Å². The third-order valence-electron chi connectivity index (χ3n) is 4.07. The Kier molecular flexibility index (Phi) is 9.38. The number of allylic oxidation sites excluding steroid dienone is 1. The number of oxime groups is 1. The van der Waals surface area contributed by atoms with Crippen molar-refractivity contribution in [2.45, 2.75) is 27.2 Å². The van der Waals surface area contributed by atoms with Crippen LogP contribution < -0.4 is 14.2 Å². The maximum atomic E-state index is 6.24. The molecule has 156 valence electrons. The van der Waals surface area contributed by atoms with Crippen molar-refractivity contribution in [3.63, 3.8) is 0 Å². The maximum Gasteiger partial charge on any atom is 0.137 e. The fourth-order valence-electron chi connectivity index (χ4n) is 2.71. The Hall–Kier alpha value is -2.66. The molecule has 0 atom stereocenters. The molecule has 6 heteroatoms. The van der Waals surface area contributed by atoms with Gasteiger partial charge in [0.25, 0.3) is 0 Å². The molecule has 0 unspecified atom stereocenters. The fourth-order valence-corrected chi connectivity index (χ4v) is 2.95. The maximum absolute atomic E-state index is 6.24. The van der Waals surface area contributed by atoms with Crippen molar-refractivity contribution >= 4 is 17.8 Å². The molecule has 0 aliphatic rings. The minimum absolute atomic E-state index is 0.508. The van der Waals surface area contributed by atoms with Crippen LogP contribution in [0.15, 0.2) is 47.6 Å². The van der Waals surface area contributed by atoms with Gasteiger partial charge in [-0.3, -0.25) is 0 Å². The van der Waals surface area contributed by atoms with E-state index in [1.54, 1.807) is 12.3 Å². The largest absolute Gasteiger partial charge is 0.493 e. The summed E-state index contributed by atoms with van der Waals surface area (Å²) < 4.78 is 17.4. The minimum atomic E-state index is 0.508. The predicted octanol–water partition coefficient (Wildman–Crippen LogP) is 5.74. The number of benzene rings is 2. The standard InChI is InChI=1S/C23H28ClNO4/c1-5-6-10-27-20-13-17(2)23(18(3)14-20)29-12-7-11-28-22-9-8-19(15-21(22)24)16-25-26-4/h5-6,8-9,13-16H,7,10-12H2,1-4H3/b6-5+,25-16?. The molecule has 0 fully saturated rings. The third-order valence-corrected chi connectivity index (χ3v) is 4.37. The zero-order valence-corrected chi connectivity index (χ0v) is 18.2. The molecule has 0 heterocycles. The van der Waals surface area contributed by atoms with Crippen LogP contribution in [0.25, 0.3) is 0 Å². The van der Waals surface area contributed by atoms with Crippen molar-refractivity contribution in [3.05, 3.63) is 64.2 Å². The van der Waals surface area contributed by atoms with Crippen LogP contribution in [-0.2, 0) is 4.84 Å². The van der Waals surface area contributed by atoms with E-state index in [0.717, 1.165) is 34.6 Å². The monoisotopic (exact) mass is 417 g/mol. The van der Waals surface area contributed by atoms with E-state index in [-0.39, 0.29) is 0 Å². The summed E-state index contributed by atoms with van der Waals surface area (Å²) in [5.41, 5.74) is 2.95. The Bertz CT molecular complexity index is 826. The van der Waals surface area contributed by atoms with Crippen LogP contribution in [0, 0.1) is 13.8 Å². The topological polar surface area (TPSA) is 49.3 Å². The van der Waals surface area contributed by atoms with Gasteiger partial charge in [-0.15, -0.1) is 0 Å². The molecule has 0 saturated heterocycles. The molecule has 2 aromatic rings. The third kappa shape index (κ3) is 7.35. The van der Waals surface area contributed by atoms with E-state index in [1.807, 2.05) is 57.2 Å². The summed E-state index contributed by atoms with van der Waals surface area (Å²) in [6, 6.07) is 9.46. The first-order valence-corrected chi connectivity index (χ1v) is 9.89. The normalized spacial score (nSPS) is 11.2. The summed E-state index contributed by atoms with van der Waals surface area (Å²) in [5, 5.41) is 4.25. The SMILES string of the molecule is C/C=C/COc1cc(C)c(OCCCOc2ccc(C=NOC)cc2Cl)c(C)c1. The highest BCUT2D eigenvalue weighted by molar-refractivity contribution is 6.32. The number of rotatable bonds is 11. The molecule has 0 saturated carbocycles. The van der Waals surface area contributed by atoms with Crippen molar-refractivity contribution in [2.24, 2.45) is 5.16 Å². The number of nitrogens with zero attached hydrogens (tertiary/aromatic N) is 1. The van der Waals surface area contributed by atoms with E-state index in [4.69, 9.17) is 25.8 Å². The first-order chi connectivity index (χ1) is 14.0. The molecule has 29 heavy (non-hydrogen) atoms. The fraction of sp³-hybridized carbons (Fsp3) is 0.348. The van der Waals surface area contributed by atoms with Gasteiger partial charge in [0.15, 0.2) is 0 Å². The lowest BCUT2D eigenvalue weighted by Gasteiger charge is -2.15. The van der Waals surface area contributed by atoms with Gasteiger partial charge in [-0.1, -0.05) is 28.9 Å². The second-order valence-corrected chi connectivity index (χ2v) is 6.83. The lowest BCUT2D eigenvalue weighted by molar-refractivity contribution is 0.215. The second kappa shape index (κ2) is 12.0. The lowest BCUT2D eigenvalue weighted by Crippen LogP contribution is -2.07. The highest BCUT2D eigenvalue weighted by atomic mass is 35.5. The molecule has 0 aromatic heterocycles. The molecule has 0 N–H and O–H groups in total. The van der Waals surface area contributed by atoms with Crippen LogP contribution in [0.4, 0.5) is 0 Å². The highest BCUT2D eigenvalue weighted by Gasteiger charge is 2.08. The van der Waals surface area contributed by atoms with Crippen molar-refractivity contribution in [2.75, 3.05) is 26.9 Å². The zero-order valence-electron chi connectivity index (χ0n) is 17.4. The second-order valence-electron chi connectivity index (χ2n) is 6.42. The molecule has 0 bridgehead atoms. The molecule has 0 spiro atoms. The van der Waals surface area contributed by atoms with E-state index in [1.165, 1.54) is 7.11 Å². The number of aryl methyl sites for hydroxylation is 2. The number of halogens is 1. The predicted molar refractivity (Wildman–Crippen MR) is 118 cm³/mol. The number of hydrogen-bond acceptors (Lipinski definition) is 5. The van der Waals surface area contributed by atoms with Crippen LogP contribution in [0.3, 0.4) is 0 Å². The molecule has 0 aliphatic carbocycles. The molecule has 5 nitrogen and oxygen atoms in total. The summed E-state index contributed by atoms with van der Waals surface area (Å²) in [6.07, 6.45) is 6.27. The van der Waals surface area contributed by atoms with Gasteiger partial charge < -0.3 is 19.0 Å². The molecule has 0 aliphatic heterocycles. The van der Waals surface area contributed by atoms with Gasteiger partial charge in [0, 0.05) is 6.42 Å². The number of hydrogen-bond donors (Lipinski definition) is 0. The molecule has 2 rings (SSSR count). The van der Waals surface area contributed by atoms with Crippen molar-refractivity contribution in [1.29, 1.82) is 0 Å². The van der Waals surface area contributed by atoms with E-state index >= 15 is 0 Å². The van der Waals surface area contributed by atoms with Crippen LogP contribution in [0.1, 0.15) is 30.0 Å².